The van der Waals surface area contributed by atoms with Crippen molar-refractivity contribution in [2.24, 2.45) is 0 Å². The molecule has 0 saturated carbocycles. The van der Waals surface area contributed by atoms with Gasteiger partial charge in [-0.3, -0.25) is 9.69 Å². The lowest BCUT2D eigenvalue weighted by molar-refractivity contribution is -0.132. The van der Waals surface area contributed by atoms with Crippen LogP contribution in [0.1, 0.15) is 22.6 Å². The molecular weight excluding hydrogens is 342 g/mol. The number of carbonyl (C=O) groups is 1. The molecule has 0 unspecified atom stereocenters. The Hall–Kier alpha value is -1.43. The average molecular weight is 364 g/mol. The van der Waals surface area contributed by atoms with E-state index >= 15 is 0 Å². The second-order valence-electron chi connectivity index (χ2n) is 6.14. The fraction of sp³-hybridized carbons (Fsp3) is 0.444. The Kier molecular flexibility index (Phi) is 5.87. The summed E-state index contributed by atoms with van der Waals surface area (Å²) in [5.74, 6) is 0.258. The Morgan fingerprint density at radius 3 is 2.54 bits per heavy atom. The predicted octanol–water partition coefficient (Wildman–Crippen LogP) is 3.38. The minimum Gasteiger partial charge on any atom is -0.340 e. The first kappa shape index (κ1) is 17.4. The number of halogens is 1. The molecule has 24 heavy (non-hydrogen) atoms. The van der Waals surface area contributed by atoms with Crippen LogP contribution in [0.4, 0.5) is 0 Å². The highest BCUT2D eigenvalue weighted by Crippen LogP contribution is 2.16. The van der Waals surface area contributed by atoms with Gasteiger partial charge in [-0.1, -0.05) is 23.7 Å². The molecule has 1 fully saturated rings. The molecule has 1 saturated heterocycles. The topological polar surface area (TPSA) is 36.4 Å². The van der Waals surface area contributed by atoms with Crippen LogP contribution in [-0.4, -0.2) is 46.9 Å². The lowest BCUT2D eigenvalue weighted by atomic mass is 10.2. The molecule has 2 heterocycles. The van der Waals surface area contributed by atoms with Gasteiger partial charge in [-0.25, -0.2) is 4.98 Å². The summed E-state index contributed by atoms with van der Waals surface area (Å²) in [4.78, 5) is 22.2. The predicted molar refractivity (Wildman–Crippen MR) is 98.5 cm³/mol. The molecule has 0 radical (unpaired) electrons. The smallest absolute Gasteiger partial charge is 0.223 e. The maximum atomic E-state index is 12.4. The maximum Gasteiger partial charge on any atom is 0.223 e. The second-order valence-corrected chi connectivity index (χ2v) is 7.52. The highest BCUT2D eigenvalue weighted by molar-refractivity contribution is 7.09. The van der Waals surface area contributed by atoms with E-state index in [-0.39, 0.29) is 5.91 Å². The summed E-state index contributed by atoms with van der Waals surface area (Å²) in [7, 11) is 0. The van der Waals surface area contributed by atoms with Crippen molar-refractivity contribution in [3.63, 3.8) is 0 Å². The summed E-state index contributed by atoms with van der Waals surface area (Å²) in [5.41, 5.74) is 4.17. The van der Waals surface area contributed by atoms with Gasteiger partial charge < -0.3 is 4.90 Å². The third-order valence-electron chi connectivity index (χ3n) is 4.46. The number of piperazine rings is 1. The normalized spacial score (nSPS) is 15.7. The number of carbonyl (C=O) groups excluding carboxylic acids is 1. The van der Waals surface area contributed by atoms with Gasteiger partial charge in [-0.15, -0.1) is 11.3 Å². The standard InChI is InChI=1S/C18H22ClN3OS/c1-14-17(24-13-20-14)6-7-18(23)22-10-8-21(9-11-22)12-15-2-4-16(19)5-3-15/h2-5,13H,6-12H2,1H3. The molecule has 1 aromatic carbocycles. The number of aryl methyl sites for hydroxylation is 2. The number of amides is 1. The molecule has 4 nitrogen and oxygen atoms in total. The van der Waals surface area contributed by atoms with Crippen LogP contribution in [0.3, 0.4) is 0 Å². The van der Waals surface area contributed by atoms with Crippen molar-refractivity contribution in [2.45, 2.75) is 26.3 Å². The molecule has 0 N–H and O–H groups in total. The number of thiazole rings is 1. The van der Waals surface area contributed by atoms with Crippen molar-refractivity contribution >= 4 is 28.8 Å². The van der Waals surface area contributed by atoms with E-state index in [1.165, 1.54) is 10.4 Å². The third-order valence-corrected chi connectivity index (χ3v) is 5.70. The monoisotopic (exact) mass is 363 g/mol. The first-order chi connectivity index (χ1) is 11.6. The second kappa shape index (κ2) is 8.10. The van der Waals surface area contributed by atoms with Crippen LogP contribution in [0.15, 0.2) is 29.8 Å². The minimum atomic E-state index is 0.258. The molecule has 3 rings (SSSR count). The lowest BCUT2D eigenvalue weighted by Crippen LogP contribution is -2.48. The Labute approximate surface area is 152 Å². The van der Waals surface area contributed by atoms with Crippen molar-refractivity contribution < 1.29 is 4.79 Å². The highest BCUT2D eigenvalue weighted by atomic mass is 35.5. The van der Waals surface area contributed by atoms with Crippen LogP contribution in [-0.2, 0) is 17.8 Å². The summed E-state index contributed by atoms with van der Waals surface area (Å²) in [6.45, 7) is 6.40. The summed E-state index contributed by atoms with van der Waals surface area (Å²) >= 11 is 7.57. The molecule has 1 aromatic heterocycles. The summed E-state index contributed by atoms with van der Waals surface area (Å²) in [6.07, 6.45) is 1.39. The zero-order valence-corrected chi connectivity index (χ0v) is 15.4. The molecule has 0 spiro atoms. The van der Waals surface area contributed by atoms with E-state index in [0.717, 1.165) is 49.9 Å². The zero-order valence-electron chi connectivity index (χ0n) is 13.9. The summed E-state index contributed by atoms with van der Waals surface area (Å²) in [6, 6.07) is 7.99. The zero-order chi connectivity index (χ0) is 16.9. The number of rotatable bonds is 5. The number of hydrogen-bond acceptors (Lipinski definition) is 4. The van der Waals surface area contributed by atoms with Gasteiger partial charge in [0.2, 0.25) is 5.91 Å². The van der Waals surface area contributed by atoms with E-state index in [2.05, 4.69) is 22.0 Å². The van der Waals surface area contributed by atoms with Gasteiger partial charge >= 0.3 is 0 Å². The van der Waals surface area contributed by atoms with E-state index in [0.29, 0.717) is 6.42 Å². The highest BCUT2D eigenvalue weighted by Gasteiger charge is 2.21. The fourth-order valence-electron chi connectivity index (χ4n) is 2.95. The van der Waals surface area contributed by atoms with Gasteiger partial charge in [0, 0.05) is 49.0 Å². The third kappa shape index (κ3) is 4.56. The molecule has 2 aromatic rings. The molecular formula is C18H22ClN3OS. The van der Waals surface area contributed by atoms with Crippen LogP contribution in [0, 0.1) is 6.92 Å². The molecule has 6 heteroatoms. The van der Waals surface area contributed by atoms with Crippen molar-refractivity contribution in [1.29, 1.82) is 0 Å². The molecule has 1 aliphatic heterocycles. The minimum absolute atomic E-state index is 0.258. The van der Waals surface area contributed by atoms with Crippen LogP contribution in [0.5, 0.6) is 0 Å². The first-order valence-electron chi connectivity index (χ1n) is 8.25. The van der Waals surface area contributed by atoms with Gasteiger partial charge in [0.15, 0.2) is 0 Å². The largest absolute Gasteiger partial charge is 0.340 e. The lowest BCUT2D eigenvalue weighted by Gasteiger charge is -2.34. The molecule has 0 bridgehead atoms. The maximum absolute atomic E-state index is 12.4. The van der Waals surface area contributed by atoms with Crippen molar-refractivity contribution in [1.82, 2.24) is 14.8 Å². The van der Waals surface area contributed by atoms with E-state index < -0.39 is 0 Å². The number of nitrogens with zero attached hydrogens (tertiary/aromatic N) is 3. The van der Waals surface area contributed by atoms with Gasteiger partial charge in [-0.2, -0.15) is 0 Å². The van der Waals surface area contributed by atoms with Crippen LogP contribution in [0.2, 0.25) is 5.02 Å². The number of hydrogen-bond donors (Lipinski definition) is 0. The van der Waals surface area contributed by atoms with Gasteiger partial charge in [-0.05, 0) is 31.0 Å². The van der Waals surface area contributed by atoms with Gasteiger partial charge in [0.05, 0.1) is 11.2 Å². The van der Waals surface area contributed by atoms with Crippen LogP contribution in [0.25, 0.3) is 0 Å². The Morgan fingerprint density at radius 2 is 1.92 bits per heavy atom. The van der Waals surface area contributed by atoms with Crippen LogP contribution >= 0.6 is 22.9 Å². The van der Waals surface area contributed by atoms with Gasteiger partial charge in [0.1, 0.15) is 0 Å². The molecule has 1 amide bonds. The van der Waals surface area contributed by atoms with Crippen molar-refractivity contribution in [3.8, 4) is 0 Å². The Bertz CT molecular complexity index is 678. The summed E-state index contributed by atoms with van der Waals surface area (Å²) in [5, 5.41) is 0.769. The molecule has 128 valence electrons. The molecule has 1 aliphatic rings. The summed E-state index contributed by atoms with van der Waals surface area (Å²) < 4.78 is 0. The quantitative estimate of drug-likeness (QED) is 0.817. The van der Waals surface area contributed by atoms with E-state index in [1.807, 2.05) is 29.5 Å². The fourth-order valence-corrected chi connectivity index (χ4v) is 3.86. The number of benzene rings is 1. The molecule has 0 aliphatic carbocycles. The van der Waals surface area contributed by atoms with Crippen molar-refractivity contribution in [2.75, 3.05) is 26.2 Å². The Morgan fingerprint density at radius 1 is 1.21 bits per heavy atom. The van der Waals surface area contributed by atoms with E-state index in [4.69, 9.17) is 11.6 Å². The first-order valence-corrected chi connectivity index (χ1v) is 9.51. The van der Waals surface area contributed by atoms with Gasteiger partial charge in [0.25, 0.3) is 0 Å². The SMILES string of the molecule is Cc1ncsc1CCC(=O)N1CCN(Cc2ccc(Cl)cc2)CC1. The average Bonchev–Trinajstić information content (AvgIpc) is 3.00. The van der Waals surface area contributed by atoms with Crippen LogP contribution < -0.4 is 0 Å². The molecule has 0 atom stereocenters. The van der Waals surface area contributed by atoms with E-state index in [1.54, 1.807) is 11.3 Å². The number of aromatic nitrogens is 1. The van der Waals surface area contributed by atoms with E-state index in [9.17, 15) is 4.79 Å². The Balaban J connectivity index is 1.43. The van der Waals surface area contributed by atoms with Crippen molar-refractivity contribution in [3.05, 3.63) is 50.9 Å².